The lowest BCUT2D eigenvalue weighted by Gasteiger charge is -2.41. The Morgan fingerprint density at radius 2 is 2.00 bits per heavy atom. The molecule has 104 valence electrons. The summed E-state index contributed by atoms with van der Waals surface area (Å²) < 4.78 is 23.5. The molecule has 0 saturated carbocycles. The fourth-order valence-corrected chi connectivity index (χ4v) is 5.74. The van der Waals surface area contributed by atoms with Crippen LogP contribution < -0.4 is 5.73 Å². The first-order valence-electron chi connectivity index (χ1n) is 7.02. The Morgan fingerprint density at radius 3 is 2.63 bits per heavy atom. The Balaban J connectivity index is 1.90. The van der Waals surface area contributed by atoms with Crippen LogP contribution in [-0.2, 0) is 22.7 Å². The van der Waals surface area contributed by atoms with Crippen LogP contribution in [0.2, 0.25) is 0 Å². The van der Waals surface area contributed by atoms with Crippen molar-refractivity contribution in [3.05, 3.63) is 35.4 Å². The van der Waals surface area contributed by atoms with Gasteiger partial charge in [-0.25, -0.2) is 8.42 Å². The van der Waals surface area contributed by atoms with Gasteiger partial charge in [0.15, 0.2) is 9.84 Å². The van der Waals surface area contributed by atoms with Gasteiger partial charge in [-0.15, -0.1) is 0 Å². The molecule has 1 aliphatic carbocycles. The highest BCUT2D eigenvalue weighted by molar-refractivity contribution is 7.91. The zero-order chi connectivity index (χ0) is 13.5. The van der Waals surface area contributed by atoms with E-state index in [1.54, 1.807) is 0 Å². The van der Waals surface area contributed by atoms with E-state index in [0.29, 0.717) is 18.1 Å². The first-order valence-corrected chi connectivity index (χ1v) is 8.84. The minimum Gasteiger partial charge on any atom is -0.330 e. The lowest BCUT2D eigenvalue weighted by Crippen LogP contribution is -2.43. The van der Waals surface area contributed by atoms with Gasteiger partial charge in [0.1, 0.15) is 0 Å². The van der Waals surface area contributed by atoms with Crippen LogP contribution in [0.4, 0.5) is 0 Å². The molecule has 0 spiro atoms. The third kappa shape index (κ3) is 2.32. The van der Waals surface area contributed by atoms with Crippen LogP contribution in [0.3, 0.4) is 0 Å². The lowest BCUT2D eigenvalue weighted by molar-refractivity contribution is 0.160. The third-order valence-corrected chi connectivity index (χ3v) is 6.83. The van der Waals surface area contributed by atoms with Crippen molar-refractivity contribution in [1.82, 2.24) is 0 Å². The van der Waals surface area contributed by atoms with Gasteiger partial charge in [-0.1, -0.05) is 24.3 Å². The Morgan fingerprint density at radius 1 is 1.26 bits per heavy atom. The van der Waals surface area contributed by atoms with E-state index in [4.69, 9.17) is 5.73 Å². The zero-order valence-corrected chi connectivity index (χ0v) is 12.0. The highest BCUT2D eigenvalue weighted by Gasteiger charge is 2.45. The quantitative estimate of drug-likeness (QED) is 0.893. The predicted molar refractivity (Wildman–Crippen MR) is 76.7 cm³/mol. The van der Waals surface area contributed by atoms with Crippen molar-refractivity contribution in [1.29, 1.82) is 0 Å². The summed E-state index contributed by atoms with van der Waals surface area (Å²) in [6.07, 6.45) is 3.80. The molecule has 2 atom stereocenters. The molecule has 1 fully saturated rings. The summed E-state index contributed by atoms with van der Waals surface area (Å²) in [5.74, 6) is 0.934. The summed E-state index contributed by atoms with van der Waals surface area (Å²) in [5.41, 5.74) is 8.84. The van der Waals surface area contributed by atoms with Gasteiger partial charge < -0.3 is 5.73 Å². The molecule has 2 unspecified atom stereocenters. The normalized spacial score (nSPS) is 33.0. The fourth-order valence-electron chi connectivity index (χ4n) is 3.79. The van der Waals surface area contributed by atoms with Gasteiger partial charge in [-0.2, -0.15) is 0 Å². The van der Waals surface area contributed by atoms with Crippen molar-refractivity contribution in [2.24, 2.45) is 17.1 Å². The van der Waals surface area contributed by atoms with Crippen LogP contribution in [-0.4, -0.2) is 26.5 Å². The van der Waals surface area contributed by atoms with Crippen molar-refractivity contribution >= 4 is 9.84 Å². The second kappa shape index (κ2) is 4.60. The standard InChI is InChI=1S/C15H21NO2S/c16-11-15(14-6-8-19(17,18)10-14)7-5-12-3-1-2-4-13(12)9-15/h1-4,14H,5-11,16H2. The van der Waals surface area contributed by atoms with Gasteiger partial charge in [-0.05, 0) is 54.7 Å². The molecule has 1 aromatic carbocycles. The summed E-state index contributed by atoms with van der Waals surface area (Å²) >= 11 is 0. The minimum atomic E-state index is -2.83. The number of hydrogen-bond acceptors (Lipinski definition) is 3. The molecule has 1 aromatic rings. The molecule has 3 nitrogen and oxygen atoms in total. The number of sulfone groups is 1. The summed E-state index contributed by atoms with van der Waals surface area (Å²) in [4.78, 5) is 0. The average molecular weight is 279 g/mol. The van der Waals surface area contributed by atoms with E-state index in [2.05, 4.69) is 24.3 Å². The first-order chi connectivity index (χ1) is 9.05. The van der Waals surface area contributed by atoms with Gasteiger partial charge in [0.25, 0.3) is 0 Å². The molecule has 19 heavy (non-hydrogen) atoms. The van der Waals surface area contributed by atoms with Gasteiger partial charge in [0, 0.05) is 0 Å². The van der Waals surface area contributed by atoms with Gasteiger partial charge in [0.2, 0.25) is 0 Å². The van der Waals surface area contributed by atoms with Crippen LogP contribution in [0.5, 0.6) is 0 Å². The minimum absolute atomic E-state index is 0.00206. The number of nitrogens with two attached hydrogens (primary N) is 1. The molecule has 0 radical (unpaired) electrons. The Bertz CT molecular complexity index is 582. The summed E-state index contributed by atoms with van der Waals surface area (Å²) in [6.45, 7) is 0.599. The first kappa shape index (κ1) is 13.1. The van der Waals surface area contributed by atoms with Crippen LogP contribution in [0.15, 0.2) is 24.3 Å². The summed E-state index contributed by atoms with van der Waals surface area (Å²) in [6, 6.07) is 8.49. The molecule has 0 amide bonds. The largest absolute Gasteiger partial charge is 0.330 e. The molecule has 1 saturated heterocycles. The van der Waals surface area contributed by atoms with Gasteiger partial charge in [-0.3, -0.25) is 0 Å². The highest BCUT2D eigenvalue weighted by atomic mass is 32.2. The van der Waals surface area contributed by atoms with E-state index < -0.39 is 9.84 Å². The number of benzene rings is 1. The van der Waals surface area contributed by atoms with Gasteiger partial charge in [0.05, 0.1) is 11.5 Å². The second-order valence-corrected chi connectivity index (χ2v) is 8.34. The van der Waals surface area contributed by atoms with Crippen molar-refractivity contribution in [2.75, 3.05) is 18.1 Å². The lowest BCUT2D eigenvalue weighted by atomic mass is 9.64. The summed E-state index contributed by atoms with van der Waals surface area (Å²) in [5, 5.41) is 0. The van der Waals surface area contributed by atoms with E-state index in [0.717, 1.165) is 25.7 Å². The third-order valence-electron chi connectivity index (χ3n) is 5.06. The highest BCUT2D eigenvalue weighted by Crippen LogP contribution is 2.45. The molecular weight excluding hydrogens is 258 g/mol. The van der Waals surface area contributed by atoms with E-state index in [9.17, 15) is 8.42 Å². The number of rotatable bonds is 2. The van der Waals surface area contributed by atoms with E-state index >= 15 is 0 Å². The smallest absolute Gasteiger partial charge is 0.150 e. The van der Waals surface area contributed by atoms with E-state index in [-0.39, 0.29) is 11.3 Å². The molecule has 1 aliphatic heterocycles. The maximum atomic E-state index is 11.7. The van der Waals surface area contributed by atoms with Crippen molar-refractivity contribution in [3.8, 4) is 0 Å². The molecule has 0 bridgehead atoms. The maximum absolute atomic E-state index is 11.7. The topological polar surface area (TPSA) is 60.2 Å². The SMILES string of the molecule is NCC1(C2CCS(=O)(=O)C2)CCc2ccccc2C1. The van der Waals surface area contributed by atoms with Crippen molar-refractivity contribution in [3.63, 3.8) is 0 Å². The van der Waals surface area contributed by atoms with Crippen molar-refractivity contribution < 1.29 is 8.42 Å². The molecule has 3 rings (SSSR count). The zero-order valence-electron chi connectivity index (χ0n) is 11.1. The van der Waals surface area contributed by atoms with Crippen LogP contribution in [0.25, 0.3) is 0 Å². The second-order valence-electron chi connectivity index (χ2n) is 6.11. The van der Waals surface area contributed by atoms with Crippen LogP contribution >= 0.6 is 0 Å². The van der Waals surface area contributed by atoms with E-state index in [1.165, 1.54) is 11.1 Å². The number of fused-ring (bicyclic) bond motifs is 1. The Labute approximate surface area is 115 Å². The molecular formula is C15H21NO2S. The van der Waals surface area contributed by atoms with Gasteiger partial charge >= 0.3 is 0 Å². The Kier molecular flexibility index (Phi) is 3.18. The fraction of sp³-hybridized carbons (Fsp3) is 0.600. The average Bonchev–Trinajstić information content (AvgIpc) is 2.79. The molecule has 2 aliphatic rings. The van der Waals surface area contributed by atoms with Crippen LogP contribution in [0.1, 0.15) is 24.0 Å². The number of hydrogen-bond donors (Lipinski definition) is 1. The van der Waals surface area contributed by atoms with Crippen molar-refractivity contribution in [2.45, 2.75) is 25.7 Å². The number of aryl methyl sites for hydroxylation is 1. The predicted octanol–water partition coefficient (Wildman–Crippen LogP) is 1.56. The molecule has 2 N–H and O–H groups in total. The molecule has 4 heteroatoms. The monoisotopic (exact) mass is 279 g/mol. The molecule has 1 heterocycles. The maximum Gasteiger partial charge on any atom is 0.150 e. The molecule has 0 aromatic heterocycles. The Hall–Kier alpha value is -0.870. The summed E-state index contributed by atoms with van der Waals surface area (Å²) in [7, 11) is -2.83. The van der Waals surface area contributed by atoms with E-state index in [1.807, 2.05) is 0 Å². The van der Waals surface area contributed by atoms with Crippen LogP contribution in [0, 0.1) is 11.3 Å².